The molecule has 0 aliphatic heterocycles. The Bertz CT molecular complexity index is 684. The highest BCUT2D eigenvalue weighted by Crippen LogP contribution is 2.33. The largest absolute Gasteiger partial charge is 0.481 e. The zero-order chi connectivity index (χ0) is 15.4. The van der Waals surface area contributed by atoms with Crippen molar-refractivity contribution in [3.8, 4) is 11.5 Å². The van der Waals surface area contributed by atoms with Crippen molar-refractivity contribution in [1.82, 2.24) is 0 Å². The molecule has 0 aliphatic carbocycles. The summed E-state index contributed by atoms with van der Waals surface area (Å²) in [6.45, 7) is 0. The van der Waals surface area contributed by atoms with E-state index in [1.54, 1.807) is 30.3 Å². The molecule has 0 radical (unpaired) electrons. The molecule has 0 aromatic heterocycles. The van der Waals surface area contributed by atoms with Gasteiger partial charge in [-0.3, -0.25) is 14.9 Å². The average molecular weight is 352 g/mol. The van der Waals surface area contributed by atoms with Crippen LogP contribution in [0.1, 0.15) is 5.56 Å². The van der Waals surface area contributed by atoms with Crippen LogP contribution in [-0.4, -0.2) is 16.0 Å². The van der Waals surface area contributed by atoms with E-state index < -0.39 is 10.9 Å². The molecule has 0 unspecified atom stereocenters. The van der Waals surface area contributed by atoms with E-state index in [9.17, 15) is 14.9 Å². The lowest BCUT2D eigenvalue weighted by molar-refractivity contribution is -0.385. The van der Waals surface area contributed by atoms with E-state index in [1.165, 1.54) is 12.1 Å². The minimum atomic E-state index is -0.925. The zero-order valence-electron chi connectivity index (χ0n) is 10.7. The SMILES string of the molecule is O=C(O)Cc1ccc(Oc2cc(Br)ccc2[N+](=O)[O-])cc1. The van der Waals surface area contributed by atoms with Gasteiger partial charge in [0.05, 0.1) is 11.3 Å². The molecule has 2 rings (SSSR count). The van der Waals surface area contributed by atoms with E-state index >= 15 is 0 Å². The number of hydrogen-bond acceptors (Lipinski definition) is 4. The molecule has 2 aromatic carbocycles. The molecule has 0 fully saturated rings. The van der Waals surface area contributed by atoms with Crippen LogP contribution in [-0.2, 0) is 11.2 Å². The molecule has 0 atom stereocenters. The Morgan fingerprint density at radius 2 is 1.90 bits per heavy atom. The fourth-order valence-electron chi connectivity index (χ4n) is 1.70. The van der Waals surface area contributed by atoms with Crippen LogP contribution in [0.25, 0.3) is 0 Å². The molecule has 0 saturated carbocycles. The molecule has 7 heteroatoms. The monoisotopic (exact) mass is 351 g/mol. The zero-order valence-corrected chi connectivity index (χ0v) is 12.2. The highest BCUT2D eigenvalue weighted by Gasteiger charge is 2.16. The highest BCUT2D eigenvalue weighted by atomic mass is 79.9. The van der Waals surface area contributed by atoms with E-state index in [4.69, 9.17) is 9.84 Å². The van der Waals surface area contributed by atoms with Crippen LogP contribution in [0.4, 0.5) is 5.69 Å². The molecule has 0 saturated heterocycles. The van der Waals surface area contributed by atoms with Crippen molar-refractivity contribution in [3.63, 3.8) is 0 Å². The highest BCUT2D eigenvalue weighted by molar-refractivity contribution is 9.10. The fraction of sp³-hybridized carbons (Fsp3) is 0.0714. The first-order valence-electron chi connectivity index (χ1n) is 5.88. The first-order chi connectivity index (χ1) is 9.95. The number of nitro benzene ring substituents is 1. The lowest BCUT2D eigenvalue weighted by Gasteiger charge is -2.07. The molecule has 0 spiro atoms. The topological polar surface area (TPSA) is 89.7 Å². The Labute approximate surface area is 128 Å². The summed E-state index contributed by atoms with van der Waals surface area (Å²) >= 11 is 3.23. The van der Waals surface area contributed by atoms with Gasteiger partial charge in [0.2, 0.25) is 5.75 Å². The molecule has 0 amide bonds. The third kappa shape index (κ3) is 4.03. The van der Waals surface area contributed by atoms with Gasteiger partial charge in [-0.05, 0) is 23.8 Å². The van der Waals surface area contributed by atoms with E-state index in [-0.39, 0.29) is 17.9 Å². The first-order valence-corrected chi connectivity index (χ1v) is 6.67. The van der Waals surface area contributed by atoms with Gasteiger partial charge < -0.3 is 9.84 Å². The van der Waals surface area contributed by atoms with Crippen molar-refractivity contribution in [1.29, 1.82) is 0 Å². The Balaban J connectivity index is 2.23. The van der Waals surface area contributed by atoms with Crippen LogP contribution in [0.15, 0.2) is 46.9 Å². The standard InChI is InChI=1S/C14H10BrNO5/c15-10-3-6-12(16(19)20)13(8-10)21-11-4-1-9(2-5-11)7-14(17)18/h1-6,8H,7H2,(H,17,18). The van der Waals surface area contributed by atoms with Crippen molar-refractivity contribution in [2.45, 2.75) is 6.42 Å². The number of carbonyl (C=O) groups is 1. The smallest absolute Gasteiger partial charge is 0.311 e. The Morgan fingerprint density at radius 3 is 2.48 bits per heavy atom. The summed E-state index contributed by atoms with van der Waals surface area (Å²) in [5.74, 6) is -0.419. The van der Waals surface area contributed by atoms with Crippen molar-refractivity contribution < 1.29 is 19.6 Å². The van der Waals surface area contributed by atoms with Crippen molar-refractivity contribution in [3.05, 3.63) is 62.6 Å². The molecular formula is C14H10BrNO5. The molecule has 21 heavy (non-hydrogen) atoms. The van der Waals surface area contributed by atoms with Gasteiger partial charge in [0, 0.05) is 16.6 Å². The summed E-state index contributed by atoms with van der Waals surface area (Å²) in [5.41, 5.74) is 0.478. The summed E-state index contributed by atoms with van der Waals surface area (Å²) in [4.78, 5) is 21.0. The number of hydrogen-bond donors (Lipinski definition) is 1. The van der Waals surface area contributed by atoms with Gasteiger partial charge in [-0.2, -0.15) is 0 Å². The van der Waals surface area contributed by atoms with Crippen molar-refractivity contribution in [2.75, 3.05) is 0 Å². The van der Waals surface area contributed by atoms with Crippen LogP contribution >= 0.6 is 15.9 Å². The van der Waals surface area contributed by atoms with E-state index in [0.29, 0.717) is 15.8 Å². The van der Waals surface area contributed by atoms with Gasteiger partial charge in [-0.25, -0.2) is 0 Å². The van der Waals surface area contributed by atoms with Gasteiger partial charge in [0.25, 0.3) is 0 Å². The number of nitro groups is 1. The maximum atomic E-state index is 10.9. The maximum absolute atomic E-state index is 10.9. The number of carboxylic acids is 1. The normalized spacial score (nSPS) is 10.1. The third-order valence-electron chi connectivity index (χ3n) is 2.63. The lowest BCUT2D eigenvalue weighted by atomic mass is 10.1. The Hall–Kier alpha value is -2.41. The van der Waals surface area contributed by atoms with Crippen LogP contribution in [0.3, 0.4) is 0 Å². The minimum Gasteiger partial charge on any atom is -0.481 e. The van der Waals surface area contributed by atoms with Gasteiger partial charge in [0.1, 0.15) is 5.75 Å². The van der Waals surface area contributed by atoms with Gasteiger partial charge in [-0.15, -0.1) is 0 Å². The number of rotatable bonds is 5. The quantitative estimate of drug-likeness (QED) is 0.653. The van der Waals surface area contributed by atoms with E-state index in [1.807, 2.05) is 0 Å². The predicted octanol–water partition coefficient (Wildman–Crippen LogP) is 3.78. The Morgan fingerprint density at radius 1 is 1.24 bits per heavy atom. The first kappa shape index (κ1) is 15.0. The molecule has 1 N–H and O–H groups in total. The molecule has 6 nitrogen and oxygen atoms in total. The van der Waals surface area contributed by atoms with Gasteiger partial charge in [0.15, 0.2) is 0 Å². The lowest BCUT2D eigenvalue weighted by Crippen LogP contribution is -1.99. The number of ether oxygens (including phenoxy) is 1. The van der Waals surface area contributed by atoms with Gasteiger partial charge >= 0.3 is 11.7 Å². The summed E-state index contributed by atoms with van der Waals surface area (Å²) in [6, 6.07) is 10.8. The third-order valence-corrected chi connectivity index (χ3v) is 3.12. The van der Waals surface area contributed by atoms with Crippen LogP contribution in [0, 0.1) is 10.1 Å². The number of nitrogens with zero attached hydrogens (tertiary/aromatic N) is 1. The van der Waals surface area contributed by atoms with Crippen molar-refractivity contribution >= 4 is 27.6 Å². The molecule has 0 aliphatic rings. The molecule has 2 aromatic rings. The molecule has 108 valence electrons. The summed E-state index contributed by atoms with van der Waals surface area (Å²) in [6.07, 6.45) is -0.0860. The summed E-state index contributed by atoms with van der Waals surface area (Å²) in [7, 11) is 0. The number of carboxylic acid groups (broad SMARTS) is 1. The average Bonchev–Trinajstić information content (AvgIpc) is 2.40. The number of halogens is 1. The second-order valence-electron chi connectivity index (χ2n) is 4.19. The predicted molar refractivity (Wildman–Crippen MR) is 78.7 cm³/mol. The van der Waals surface area contributed by atoms with Crippen molar-refractivity contribution in [2.24, 2.45) is 0 Å². The van der Waals surface area contributed by atoms with Crippen LogP contribution < -0.4 is 4.74 Å². The fourth-order valence-corrected chi connectivity index (χ4v) is 2.04. The summed E-state index contributed by atoms with van der Waals surface area (Å²) in [5, 5.41) is 19.6. The van der Waals surface area contributed by atoms with Crippen LogP contribution in [0.5, 0.6) is 11.5 Å². The van der Waals surface area contributed by atoms with Gasteiger partial charge in [-0.1, -0.05) is 28.1 Å². The number of aliphatic carboxylic acids is 1. The Kier molecular flexibility index (Phi) is 4.54. The second kappa shape index (κ2) is 6.36. The van der Waals surface area contributed by atoms with Crippen LogP contribution in [0.2, 0.25) is 0 Å². The van der Waals surface area contributed by atoms with E-state index in [2.05, 4.69) is 15.9 Å². The minimum absolute atomic E-state index is 0.0860. The molecule has 0 heterocycles. The molecule has 0 bridgehead atoms. The van der Waals surface area contributed by atoms with E-state index in [0.717, 1.165) is 0 Å². The maximum Gasteiger partial charge on any atom is 0.311 e. The summed E-state index contributed by atoms with van der Waals surface area (Å²) < 4.78 is 6.15. The second-order valence-corrected chi connectivity index (χ2v) is 5.10. The molecular weight excluding hydrogens is 342 g/mol. The number of benzene rings is 2.